The van der Waals surface area contributed by atoms with Gasteiger partial charge in [-0.3, -0.25) is 9.69 Å². The number of nitrogens with two attached hydrogens (primary N) is 1. The second-order valence-electron chi connectivity index (χ2n) is 3.75. The summed E-state index contributed by atoms with van der Waals surface area (Å²) in [5.74, 6) is -0.433. The lowest BCUT2D eigenvalue weighted by Gasteiger charge is -2.13. The van der Waals surface area contributed by atoms with E-state index in [1.807, 2.05) is 5.38 Å². The smallest absolute Gasteiger partial charge is 0.260 e. The molecule has 1 aromatic rings. The zero-order valence-corrected chi connectivity index (χ0v) is 9.90. The van der Waals surface area contributed by atoms with Crippen molar-refractivity contribution in [3.8, 4) is 0 Å². The molecule has 0 radical (unpaired) electrons. The van der Waals surface area contributed by atoms with Gasteiger partial charge in [0.25, 0.3) is 5.91 Å². The first-order valence-corrected chi connectivity index (χ1v) is 6.22. The fourth-order valence-electron chi connectivity index (χ4n) is 1.83. The molecule has 82 valence electrons. The van der Waals surface area contributed by atoms with Crippen LogP contribution in [0, 0.1) is 0 Å². The summed E-state index contributed by atoms with van der Waals surface area (Å²) in [6.45, 7) is 3.08. The predicted molar refractivity (Wildman–Crippen MR) is 62.4 cm³/mol. The molecule has 1 aliphatic heterocycles. The highest BCUT2D eigenvalue weighted by Crippen LogP contribution is 2.29. The minimum atomic E-state index is -0.433. The number of amides is 1. The molecule has 1 aliphatic rings. The third-order valence-corrected chi connectivity index (χ3v) is 4.20. The van der Waals surface area contributed by atoms with E-state index in [0.29, 0.717) is 9.90 Å². The first-order valence-electron chi connectivity index (χ1n) is 4.96. The number of halogens is 1. The highest BCUT2D eigenvalue weighted by atomic mass is 35.5. The highest BCUT2D eigenvalue weighted by molar-refractivity contribution is 7.13. The van der Waals surface area contributed by atoms with Crippen LogP contribution in [0.2, 0.25) is 5.02 Å². The van der Waals surface area contributed by atoms with Gasteiger partial charge in [-0.15, -0.1) is 11.3 Å². The molecule has 1 saturated heterocycles. The molecule has 0 unspecified atom stereocenters. The van der Waals surface area contributed by atoms with Crippen LogP contribution in [0.3, 0.4) is 0 Å². The molecular formula is C10H13ClN2OS. The van der Waals surface area contributed by atoms with Crippen molar-refractivity contribution in [1.29, 1.82) is 0 Å². The summed E-state index contributed by atoms with van der Waals surface area (Å²) < 4.78 is 0. The summed E-state index contributed by atoms with van der Waals surface area (Å²) >= 11 is 7.42. The summed E-state index contributed by atoms with van der Waals surface area (Å²) in [5.41, 5.74) is 6.23. The molecule has 2 rings (SSSR count). The Morgan fingerprint density at radius 3 is 2.73 bits per heavy atom. The molecular weight excluding hydrogens is 232 g/mol. The highest BCUT2D eigenvalue weighted by Gasteiger charge is 2.18. The lowest BCUT2D eigenvalue weighted by atomic mass is 10.3. The summed E-state index contributed by atoms with van der Waals surface area (Å²) in [7, 11) is 0. The summed E-state index contributed by atoms with van der Waals surface area (Å²) in [6, 6.07) is 0. The van der Waals surface area contributed by atoms with Crippen LogP contribution in [0.1, 0.15) is 28.1 Å². The SMILES string of the molecule is NC(=O)c1scc(CN2CCCC2)c1Cl. The molecule has 3 nitrogen and oxygen atoms in total. The second-order valence-corrected chi connectivity index (χ2v) is 5.01. The number of nitrogens with zero attached hydrogens (tertiary/aromatic N) is 1. The van der Waals surface area contributed by atoms with Crippen molar-refractivity contribution in [3.05, 3.63) is 20.8 Å². The fourth-order valence-corrected chi connectivity index (χ4v) is 3.04. The van der Waals surface area contributed by atoms with Crippen LogP contribution in [0.15, 0.2) is 5.38 Å². The topological polar surface area (TPSA) is 46.3 Å². The van der Waals surface area contributed by atoms with E-state index in [1.165, 1.54) is 24.2 Å². The van der Waals surface area contributed by atoms with E-state index in [0.717, 1.165) is 25.2 Å². The van der Waals surface area contributed by atoms with Gasteiger partial charge in [0.1, 0.15) is 4.88 Å². The first-order chi connectivity index (χ1) is 7.18. The van der Waals surface area contributed by atoms with Crippen molar-refractivity contribution in [3.63, 3.8) is 0 Å². The van der Waals surface area contributed by atoms with Crippen molar-refractivity contribution >= 4 is 28.8 Å². The largest absolute Gasteiger partial charge is 0.365 e. The molecule has 15 heavy (non-hydrogen) atoms. The first kappa shape index (κ1) is 10.9. The van der Waals surface area contributed by atoms with Crippen LogP contribution in [0.4, 0.5) is 0 Å². The summed E-state index contributed by atoms with van der Waals surface area (Å²) in [5, 5.41) is 2.47. The number of likely N-dealkylation sites (tertiary alicyclic amines) is 1. The molecule has 1 fully saturated rings. The standard InChI is InChI=1S/C10H13ClN2OS/c11-8-7(5-13-3-1-2-4-13)6-15-9(8)10(12)14/h6H,1-5H2,(H2,12,14). The maximum Gasteiger partial charge on any atom is 0.260 e. The minimum Gasteiger partial charge on any atom is -0.365 e. The van der Waals surface area contributed by atoms with Gasteiger partial charge < -0.3 is 5.73 Å². The van der Waals surface area contributed by atoms with Gasteiger partial charge in [-0.1, -0.05) is 11.6 Å². The Labute approximate surface area is 97.8 Å². The number of primary amides is 1. The van der Waals surface area contributed by atoms with E-state index in [4.69, 9.17) is 17.3 Å². The Morgan fingerprint density at radius 2 is 2.20 bits per heavy atom. The van der Waals surface area contributed by atoms with Gasteiger partial charge in [-0.05, 0) is 36.9 Å². The van der Waals surface area contributed by atoms with E-state index >= 15 is 0 Å². The predicted octanol–water partition coefficient (Wildman–Crippen LogP) is 2.10. The van der Waals surface area contributed by atoms with E-state index in [9.17, 15) is 4.79 Å². The van der Waals surface area contributed by atoms with Crippen molar-refractivity contribution in [2.24, 2.45) is 5.73 Å². The van der Waals surface area contributed by atoms with Crippen LogP contribution in [-0.4, -0.2) is 23.9 Å². The summed E-state index contributed by atoms with van der Waals surface area (Å²) in [6.07, 6.45) is 2.51. The molecule has 1 amide bonds. The van der Waals surface area contributed by atoms with Gasteiger partial charge in [0.05, 0.1) is 5.02 Å². The van der Waals surface area contributed by atoms with Crippen molar-refractivity contribution < 1.29 is 4.79 Å². The Morgan fingerprint density at radius 1 is 1.53 bits per heavy atom. The maximum absolute atomic E-state index is 11.0. The van der Waals surface area contributed by atoms with Gasteiger partial charge in [-0.2, -0.15) is 0 Å². The van der Waals surface area contributed by atoms with Crippen molar-refractivity contribution in [2.45, 2.75) is 19.4 Å². The molecule has 5 heteroatoms. The van der Waals surface area contributed by atoms with E-state index < -0.39 is 5.91 Å². The van der Waals surface area contributed by atoms with Crippen LogP contribution >= 0.6 is 22.9 Å². The Balaban J connectivity index is 2.11. The lowest BCUT2D eigenvalue weighted by Crippen LogP contribution is -2.18. The molecule has 0 atom stereocenters. The van der Waals surface area contributed by atoms with Crippen LogP contribution in [0.5, 0.6) is 0 Å². The van der Waals surface area contributed by atoms with Crippen molar-refractivity contribution in [2.75, 3.05) is 13.1 Å². The number of thiophene rings is 1. The van der Waals surface area contributed by atoms with Gasteiger partial charge in [0.15, 0.2) is 0 Å². The minimum absolute atomic E-state index is 0.433. The van der Waals surface area contributed by atoms with Gasteiger partial charge in [0.2, 0.25) is 0 Å². The molecule has 0 aliphatic carbocycles. The second kappa shape index (κ2) is 4.51. The molecule has 0 saturated carbocycles. The fraction of sp³-hybridized carbons (Fsp3) is 0.500. The Hall–Kier alpha value is -0.580. The molecule has 0 spiro atoms. The molecule has 2 heterocycles. The van der Waals surface area contributed by atoms with E-state index in [-0.39, 0.29) is 0 Å². The van der Waals surface area contributed by atoms with E-state index in [1.54, 1.807) is 0 Å². The van der Waals surface area contributed by atoms with Crippen LogP contribution in [-0.2, 0) is 6.54 Å². The number of carbonyl (C=O) groups is 1. The zero-order valence-electron chi connectivity index (χ0n) is 8.33. The number of carbonyl (C=O) groups excluding carboxylic acids is 1. The quantitative estimate of drug-likeness (QED) is 0.885. The maximum atomic E-state index is 11.0. The summed E-state index contributed by atoms with van der Waals surface area (Å²) in [4.78, 5) is 13.8. The lowest BCUT2D eigenvalue weighted by molar-refractivity contribution is 0.100. The Bertz CT molecular complexity index is 371. The van der Waals surface area contributed by atoms with Crippen LogP contribution in [0.25, 0.3) is 0 Å². The molecule has 0 bridgehead atoms. The van der Waals surface area contributed by atoms with Gasteiger partial charge in [-0.25, -0.2) is 0 Å². The van der Waals surface area contributed by atoms with Gasteiger partial charge in [0, 0.05) is 6.54 Å². The molecule has 2 N–H and O–H groups in total. The number of hydrogen-bond acceptors (Lipinski definition) is 3. The third-order valence-electron chi connectivity index (χ3n) is 2.62. The van der Waals surface area contributed by atoms with Crippen molar-refractivity contribution in [1.82, 2.24) is 4.90 Å². The van der Waals surface area contributed by atoms with Gasteiger partial charge >= 0.3 is 0 Å². The normalized spacial score (nSPS) is 17.1. The number of rotatable bonds is 3. The Kier molecular flexibility index (Phi) is 3.29. The van der Waals surface area contributed by atoms with E-state index in [2.05, 4.69) is 4.90 Å². The monoisotopic (exact) mass is 244 g/mol. The average molecular weight is 245 g/mol. The molecule has 1 aromatic heterocycles. The van der Waals surface area contributed by atoms with Crippen LogP contribution < -0.4 is 5.73 Å². The third kappa shape index (κ3) is 2.33. The number of hydrogen-bond donors (Lipinski definition) is 1. The molecule has 0 aromatic carbocycles. The zero-order chi connectivity index (χ0) is 10.8. The average Bonchev–Trinajstić information content (AvgIpc) is 2.78.